The molecule has 2 N–H and O–H groups in total. The zero-order valence-electron chi connectivity index (χ0n) is 17.3. The van der Waals surface area contributed by atoms with Gasteiger partial charge in [-0.3, -0.25) is 19.4 Å². The third-order valence-electron chi connectivity index (χ3n) is 6.34. The van der Waals surface area contributed by atoms with Gasteiger partial charge in [-0.2, -0.15) is 18.2 Å². The van der Waals surface area contributed by atoms with Gasteiger partial charge >= 0.3 is 6.18 Å². The van der Waals surface area contributed by atoms with Crippen LogP contribution in [0.25, 0.3) is 0 Å². The van der Waals surface area contributed by atoms with Crippen LogP contribution in [0.3, 0.4) is 0 Å². The van der Waals surface area contributed by atoms with Crippen LogP contribution in [-0.2, 0) is 22.3 Å². The van der Waals surface area contributed by atoms with Crippen LogP contribution in [-0.4, -0.2) is 75.7 Å². The molecule has 0 aliphatic carbocycles. The van der Waals surface area contributed by atoms with Crippen LogP contribution in [0.15, 0.2) is 4.52 Å². The van der Waals surface area contributed by atoms with Gasteiger partial charge in [-0.15, -0.1) is 0 Å². The van der Waals surface area contributed by atoms with Gasteiger partial charge in [0.1, 0.15) is 0 Å². The summed E-state index contributed by atoms with van der Waals surface area (Å²) in [6.45, 7) is 4.77. The van der Waals surface area contributed by atoms with Crippen LogP contribution in [0.4, 0.5) is 13.2 Å². The number of nitrogens with one attached hydrogen (secondary N) is 1. The molecule has 4 atom stereocenters. The van der Waals surface area contributed by atoms with Gasteiger partial charge in [0.15, 0.2) is 0 Å². The number of nitrogens with zero attached hydrogens (tertiary/aromatic N) is 4. The Kier molecular flexibility index (Phi) is 7.52. The summed E-state index contributed by atoms with van der Waals surface area (Å²) in [7, 11) is 0. The molecule has 0 unspecified atom stereocenters. The van der Waals surface area contributed by atoms with E-state index in [4.69, 9.17) is 14.4 Å². The summed E-state index contributed by atoms with van der Waals surface area (Å²) in [6.07, 6.45) is 0.0264. The molecule has 0 spiro atoms. The lowest BCUT2D eigenvalue weighted by Crippen LogP contribution is -2.65. The number of carboxylic acid groups (broad SMARTS) is 1. The summed E-state index contributed by atoms with van der Waals surface area (Å²) in [4.78, 5) is 28.0. The van der Waals surface area contributed by atoms with Crippen LogP contribution in [0, 0.1) is 11.8 Å². The first-order chi connectivity index (χ1) is 14.7. The van der Waals surface area contributed by atoms with E-state index < -0.39 is 12.0 Å². The highest BCUT2D eigenvalue weighted by atomic mass is 19.4. The molecule has 3 saturated heterocycles. The molecule has 0 saturated carbocycles. The Labute approximate surface area is 177 Å². The number of halogens is 3. The minimum absolute atomic E-state index is 0.00575. The maximum atomic E-state index is 12.7. The maximum Gasteiger partial charge on any atom is 0.455 e. The molecule has 0 radical (unpaired) electrons. The minimum Gasteiger partial charge on any atom is -0.483 e. The molecule has 0 aromatic carbocycles. The van der Waals surface area contributed by atoms with Crippen LogP contribution in [0.2, 0.25) is 0 Å². The molecular formula is C19H28F3N5O4. The highest BCUT2D eigenvalue weighted by Gasteiger charge is 2.47. The van der Waals surface area contributed by atoms with Gasteiger partial charge in [0.25, 0.3) is 12.3 Å². The van der Waals surface area contributed by atoms with E-state index in [1.165, 1.54) is 19.8 Å². The fourth-order valence-corrected chi connectivity index (χ4v) is 5.29. The Bertz CT molecular complexity index is 759. The van der Waals surface area contributed by atoms with Gasteiger partial charge in [-0.25, -0.2) is 0 Å². The average molecular weight is 447 g/mol. The number of rotatable bonds is 4. The number of fused-ring (bicyclic) bond motifs is 4. The second-order valence-corrected chi connectivity index (χ2v) is 8.37. The molecule has 3 aliphatic heterocycles. The monoisotopic (exact) mass is 447 g/mol. The molecule has 3 fully saturated rings. The molecule has 1 amide bonds. The number of hydrogen-bond donors (Lipinski definition) is 2. The zero-order valence-corrected chi connectivity index (χ0v) is 17.3. The van der Waals surface area contributed by atoms with E-state index in [-0.39, 0.29) is 30.9 Å². The predicted octanol–water partition coefficient (Wildman–Crippen LogP) is 1.60. The van der Waals surface area contributed by atoms with Crippen molar-refractivity contribution in [3.05, 3.63) is 11.7 Å². The van der Waals surface area contributed by atoms with E-state index in [9.17, 15) is 18.0 Å². The van der Waals surface area contributed by atoms with E-state index in [1.54, 1.807) is 0 Å². The van der Waals surface area contributed by atoms with Crippen molar-refractivity contribution >= 4 is 12.4 Å². The number of carbonyl (C=O) groups is 2. The second-order valence-electron chi connectivity index (χ2n) is 8.37. The number of likely N-dealkylation sites (tertiary alicyclic amines) is 1. The molecule has 31 heavy (non-hydrogen) atoms. The fraction of sp³-hybridized carbons (Fsp3) is 0.789. The Morgan fingerprint density at radius 3 is 2.68 bits per heavy atom. The summed E-state index contributed by atoms with van der Waals surface area (Å²) < 4.78 is 43.0. The number of aromatic nitrogens is 2. The van der Waals surface area contributed by atoms with Crippen molar-refractivity contribution in [3.63, 3.8) is 0 Å². The van der Waals surface area contributed by atoms with E-state index in [0.29, 0.717) is 24.4 Å². The van der Waals surface area contributed by atoms with Crippen LogP contribution >= 0.6 is 0 Å². The largest absolute Gasteiger partial charge is 0.483 e. The van der Waals surface area contributed by atoms with Gasteiger partial charge in [0.2, 0.25) is 11.8 Å². The molecule has 1 aromatic heterocycles. The van der Waals surface area contributed by atoms with Gasteiger partial charge in [0, 0.05) is 38.6 Å². The standard InChI is InChI=1S/C18H26F3N5O2.CH2O2/c1-11(27)22-7-15-13-6-12(14-4-2-3-5-26(14)15)8-25(9-13)10-16-23-17(24-28-16)18(19,20)21;2-1-3/h12-15H,2-10H2,1H3,(H,22,27);1H,(H,2,3)/t12-,13+,14+,15+;/m1./s1. The minimum atomic E-state index is -4.59. The Balaban J connectivity index is 0.000000858. The second kappa shape index (κ2) is 9.94. The van der Waals surface area contributed by atoms with Crippen molar-refractivity contribution in [2.75, 3.05) is 26.2 Å². The molecule has 4 heterocycles. The smallest absolute Gasteiger partial charge is 0.455 e. The first-order valence-corrected chi connectivity index (χ1v) is 10.4. The fourth-order valence-electron chi connectivity index (χ4n) is 5.29. The summed E-state index contributed by atoms with van der Waals surface area (Å²) in [6, 6.07) is 0.738. The molecule has 9 nitrogen and oxygen atoms in total. The summed E-state index contributed by atoms with van der Waals surface area (Å²) in [5, 5.41) is 12.9. The van der Waals surface area contributed by atoms with E-state index >= 15 is 0 Å². The first-order valence-electron chi connectivity index (χ1n) is 10.4. The lowest BCUT2D eigenvalue weighted by atomic mass is 9.72. The first kappa shape index (κ1) is 23.5. The van der Waals surface area contributed by atoms with Crippen molar-refractivity contribution in [2.24, 2.45) is 11.8 Å². The summed E-state index contributed by atoms with van der Waals surface area (Å²) >= 11 is 0. The molecule has 1 aromatic rings. The van der Waals surface area contributed by atoms with E-state index in [0.717, 1.165) is 32.5 Å². The highest BCUT2D eigenvalue weighted by molar-refractivity contribution is 5.72. The van der Waals surface area contributed by atoms with Crippen LogP contribution in [0.1, 0.15) is 44.3 Å². The topological polar surface area (TPSA) is 112 Å². The zero-order chi connectivity index (χ0) is 22.6. The van der Waals surface area contributed by atoms with Crippen molar-refractivity contribution in [2.45, 2.75) is 57.4 Å². The quantitative estimate of drug-likeness (QED) is 0.670. The maximum absolute atomic E-state index is 12.7. The summed E-state index contributed by atoms with van der Waals surface area (Å²) in [5.74, 6) is -0.399. The van der Waals surface area contributed by atoms with E-state index in [1.807, 2.05) is 0 Å². The number of alkyl halides is 3. The predicted molar refractivity (Wildman–Crippen MR) is 102 cm³/mol. The number of carbonyl (C=O) groups excluding carboxylic acids is 1. The van der Waals surface area contributed by atoms with Crippen molar-refractivity contribution in [3.8, 4) is 0 Å². The lowest BCUT2D eigenvalue weighted by Gasteiger charge is -2.56. The molecular weight excluding hydrogens is 419 g/mol. The third-order valence-corrected chi connectivity index (χ3v) is 6.34. The lowest BCUT2D eigenvalue weighted by molar-refractivity contribution is -0.146. The van der Waals surface area contributed by atoms with Crippen molar-refractivity contribution in [1.29, 1.82) is 0 Å². The molecule has 12 heteroatoms. The normalized spacial score (nSPS) is 28.8. The van der Waals surface area contributed by atoms with Crippen LogP contribution in [0.5, 0.6) is 0 Å². The third kappa shape index (κ3) is 5.73. The Morgan fingerprint density at radius 2 is 2.03 bits per heavy atom. The summed E-state index contributed by atoms with van der Waals surface area (Å²) in [5.41, 5.74) is 0. The SMILES string of the molecule is CC(=O)NC[C@H]1[C@H]2C[C@H](CN(Cc3nc(C(F)(F)F)no3)C2)[C@@H]2CCCCN21.O=CO. The number of piperidine rings is 3. The van der Waals surface area contributed by atoms with Crippen LogP contribution < -0.4 is 5.32 Å². The van der Waals surface area contributed by atoms with Gasteiger partial charge in [-0.05, 0) is 37.6 Å². The molecule has 3 aliphatic rings. The van der Waals surface area contributed by atoms with Crippen molar-refractivity contribution < 1.29 is 32.4 Å². The highest BCUT2D eigenvalue weighted by Crippen LogP contribution is 2.41. The molecule has 2 bridgehead atoms. The van der Waals surface area contributed by atoms with Gasteiger partial charge < -0.3 is 14.9 Å². The van der Waals surface area contributed by atoms with Crippen molar-refractivity contribution in [1.82, 2.24) is 25.3 Å². The Hall–Kier alpha value is -2.21. The Morgan fingerprint density at radius 1 is 1.32 bits per heavy atom. The number of amides is 1. The van der Waals surface area contributed by atoms with E-state index in [2.05, 4.69) is 25.3 Å². The van der Waals surface area contributed by atoms with Gasteiger partial charge in [0.05, 0.1) is 6.54 Å². The average Bonchev–Trinajstić information content (AvgIpc) is 3.17. The number of hydrogen-bond acceptors (Lipinski definition) is 7. The molecule has 4 rings (SSSR count). The molecule has 174 valence electrons. The van der Waals surface area contributed by atoms with Gasteiger partial charge in [-0.1, -0.05) is 11.6 Å².